The van der Waals surface area contributed by atoms with Crippen molar-refractivity contribution in [2.75, 3.05) is 18.0 Å². The molecule has 0 aromatic heterocycles. The van der Waals surface area contributed by atoms with Gasteiger partial charge in [0.15, 0.2) is 0 Å². The Labute approximate surface area is 152 Å². The van der Waals surface area contributed by atoms with Gasteiger partial charge in [-0.15, -0.1) is 0 Å². The van der Waals surface area contributed by atoms with Gasteiger partial charge in [0.2, 0.25) is 5.91 Å². The third kappa shape index (κ3) is 5.50. The Morgan fingerprint density at radius 3 is 2.48 bits per heavy atom. The number of benzene rings is 2. The number of amides is 1. The van der Waals surface area contributed by atoms with Crippen LogP contribution in [0.2, 0.25) is 5.02 Å². The zero-order valence-corrected chi connectivity index (χ0v) is 15.1. The SMILES string of the molecule is CCN(CC)c1ccc(/C=N\NC(=O)Cc2ccc(Cl)cc2)c(O)c1. The second-order valence-electron chi connectivity index (χ2n) is 5.51. The van der Waals surface area contributed by atoms with E-state index in [0.717, 1.165) is 24.3 Å². The van der Waals surface area contributed by atoms with Gasteiger partial charge in [-0.2, -0.15) is 5.10 Å². The second kappa shape index (κ2) is 9.08. The molecule has 2 aromatic carbocycles. The Morgan fingerprint density at radius 2 is 1.88 bits per heavy atom. The average Bonchev–Trinajstić information content (AvgIpc) is 2.60. The first-order valence-corrected chi connectivity index (χ1v) is 8.55. The van der Waals surface area contributed by atoms with Crippen LogP contribution in [0.25, 0.3) is 0 Å². The first-order chi connectivity index (χ1) is 12.0. The number of anilines is 1. The third-order valence-electron chi connectivity index (χ3n) is 3.81. The molecule has 5 nitrogen and oxygen atoms in total. The number of carbonyl (C=O) groups is 1. The van der Waals surface area contributed by atoms with Crippen LogP contribution < -0.4 is 10.3 Å². The van der Waals surface area contributed by atoms with Gasteiger partial charge in [-0.05, 0) is 43.7 Å². The maximum atomic E-state index is 11.9. The highest BCUT2D eigenvalue weighted by Crippen LogP contribution is 2.23. The van der Waals surface area contributed by atoms with E-state index in [2.05, 4.69) is 29.3 Å². The molecule has 0 atom stereocenters. The molecule has 2 N–H and O–H groups in total. The monoisotopic (exact) mass is 359 g/mol. The van der Waals surface area contributed by atoms with Gasteiger partial charge in [0.25, 0.3) is 0 Å². The molecular weight excluding hydrogens is 338 g/mol. The summed E-state index contributed by atoms with van der Waals surface area (Å²) in [5, 5.41) is 14.7. The summed E-state index contributed by atoms with van der Waals surface area (Å²) in [6.45, 7) is 5.85. The Kier molecular flexibility index (Phi) is 6.83. The molecule has 6 heteroatoms. The molecule has 0 saturated heterocycles. The summed E-state index contributed by atoms with van der Waals surface area (Å²) >= 11 is 5.81. The van der Waals surface area contributed by atoms with Crippen LogP contribution in [0.15, 0.2) is 47.6 Å². The second-order valence-corrected chi connectivity index (χ2v) is 5.95. The number of nitrogens with zero attached hydrogens (tertiary/aromatic N) is 2. The highest BCUT2D eigenvalue weighted by atomic mass is 35.5. The Morgan fingerprint density at radius 1 is 1.20 bits per heavy atom. The van der Waals surface area contributed by atoms with E-state index in [-0.39, 0.29) is 18.1 Å². The number of hydrogen-bond acceptors (Lipinski definition) is 4. The highest BCUT2D eigenvalue weighted by Gasteiger charge is 2.06. The molecule has 0 fully saturated rings. The largest absolute Gasteiger partial charge is 0.507 e. The summed E-state index contributed by atoms with van der Waals surface area (Å²) in [5.74, 6) is -0.113. The molecule has 0 aliphatic rings. The van der Waals surface area contributed by atoms with E-state index in [1.807, 2.05) is 6.07 Å². The van der Waals surface area contributed by atoms with Crippen molar-refractivity contribution in [3.8, 4) is 5.75 Å². The molecule has 0 heterocycles. The zero-order chi connectivity index (χ0) is 18.2. The van der Waals surface area contributed by atoms with Gasteiger partial charge in [0, 0.05) is 35.4 Å². The smallest absolute Gasteiger partial charge is 0.244 e. The van der Waals surface area contributed by atoms with Gasteiger partial charge >= 0.3 is 0 Å². The highest BCUT2D eigenvalue weighted by molar-refractivity contribution is 6.30. The van der Waals surface area contributed by atoms with Crippen LogP contribution >= 0.6 is 11.6 Å². The van der Waals surface area contributed by atoms with Crippen molar-refractivity contribution < 1.29 is 9.90 Å². The van der Waals surface area contributed by atoms with Crippen molar-refractivity contribution >= 4 is 29.4 Å². The number of carbonyl (C=O) groups excluding carboxylic acids is 1. The van der Waals surface area contributed by atoms with Gasteiger partial charge in [0.05, 0.1) is 12.6 Å². The molecule has 2 rings (SSSR count). The van der Waals surface area contributed by atoms with Crippen molar-refractivity contribution in [2.45, 2.75) is 20.3 Å². The summed E-state index contributed by atoms with van der Waals surface area (Å²) in [7, 11) is 0. The van der Waals surface area contributed by atoms with Crippen LogP contribution in [0.3, 0.4) is 0 Å². The van der Waals surface area contributed by atoms with Gasteiger partial charge in [-0.25, -0.2) is 5.43 Å². The maximum Gasteiger partial charge on any atom is 0.244 e. The molecule has 132 valence electrons. The molecule has 1 amide bonds. The van der Waals surface area contributed by atoms with Gasteiger partial charge < -0.3 is 10.0 Å². The van der Waals surface area contributed by atoms with E-state index in [1.165, 1.54) is 6.21 Å². The zero-order valence-electron chi connectivity index (χ0n) is 14.4. The Balaban J connectivity index is 1.95. The number of hydrazone groups is 1. The molecule has 0 unspecified atom stereocenters. The lowest BCUT2D eigenvalue weighted by molar-refractivity contribution is -0.120. The van der Waals surface area contributed by atoms with Crippen molar-refractivity contribution in [1.29, 1.82) is 0 Å². The predicted molar refractivity (Wildman–Crippen MR) is 103 cm³/mol. The number of halogens is 1. The molecule has 0 radical (unpaired) electrons. The lowest BCUT2D eigenvalue weighted by Crippen LogP contribution is -2.21. The molecule has 0 saturated carbocycles. The topological polar surface area (TPSA) is 64.9 Å². The maximum absolute atomic E-state index is 11.9. The van der Waals surface area contributed by atoms with E-state index >= 15 is 0 Å². The van der Waals surface area contributed by atoms with E-state index in [4.69, 9.17) is 11.6 Å². The van der Waals surface area contributed by atoms with E-state index in [9.17, 15) is 9.90 Å². The van der Waals surface area contributed by atoms with Crippen LogP contribution in [0.5, 0.6) is 5.75 Å². The number of hydrogen-bond donors (Lipinski definition) is 2. The lowest BCUT2D eigenvalue weighted by Gasteiger charge is -2.21. The van der Waals surface area contributed by atoms with Gasteiger partial charge in [-0.3, -0.25) is 4.79 Å². The van der Waals surface area contributed by atoms with Crippen molar-refractivity contribution in [3.05, 3.63) is 58.6 Å². The van der Waals surface area contributed by atoms with Crippen molar-refractivity contribution in [2.24, 2.45) is 5.10 Å². The van der Waals surface area contributed by atoms with Crippen LogP contribution in [-0.4, -0.2) is 30.3 Å². The van der Waals surface area contributed by atoms with E-state index in [0.29, 0.717) is 10.6 Å². The molecule has 0 aliphatic carbocycles. The number of nitrogens with one attached hydrogen (secondary N) is 1. The first-order valence-electron chi connectivity index (χ1n) is 8.17. The predicted octanol–water partition coefficient (Wildman–Crippen LogP) is 3.58. The summed E-state index contributed by atoms with van der Waals surface area (Å²) in [4.78, 5) is 14.0. The lowest BCUT2D eigenvalue weighted by atomic mass is 10.1. The Bertz CT molecular complexity index is 741. The quantitative estimate of drug-likeness (QED) is 0.586. The molecule has 0 aliphatic heterocycles. The van der Waals surface area contributed by atoms with Crippen LogP contribution in [0.1, 0.15) is 25.0 Å². The number of aromatic hydroxyl groups is 1. The molecule has 0 bridgehead atoms. The van der Waals surface area contributed by atoms with Crippen LogP contribution in [0.4, 0.5) is 5.69 Å². The number of phenolic OH excluding ortho intramolecular Hbond substituents is 1. The number of phenols is 1. The standard InChI is InChI=1S/C19H22ClN3O2/c1-3-23(4-2)17-10-7-15(18(24)12-17)13-21-22-19(25)11-14-5-8-16(20)9-6-14/h5-10,12-13,24H,3-4,11H2,1-2H3,(H,22,25)/b21-13-. The average molecular weight is 360 g/mol. The van der Waals surface area contributed by atoms with Gasteiger partial charge in [-0.1, -0.05) is 23.7 Å². The van der Waals surface area contributed by atoms with Crippen LogP contribution in [-0.2, 0) is 11.2 Å². The summed E-state index contributed by atoms with van der Waals surface area (Å²) in [6, 6.07) is 12.5. The minimum absolute atomic E-state index is 0.125. The Hall–Kier alpha value is -2.53. The first kappa shape index (κ1) is 18.8. The summed E-state index contributed by atoms with van der Waals surface area (Å²) in [5.41, 5.74) is 4.80. The molecular formula is C19H22ClN3O2. The van der Waals surface area contributed by atoms with E-state index < -0.39 is 0 Å². The van der Waals surface area contributed by atoms with Crippen molar-refractivity contribution in [1.82, 2.24) is 5.43 Å². The third-order valence-corrected chi connectivity index (χ3v) is 4.07. The molecule has 0 spiro atoms. The van der Waals surface area contributed by atoms with E-state index in [1.54, 1.807) is 36.4 Å². The molecule has 25 heavy (non-hydrogen) atoms. The fourth-order valence-corrected chi connectivity index (χ4v) is 2.55. The number of rotatable bonds is 7. The summed E-state index contributed by atoms with van der Waals surface area (Å²) < 4.78 is 0. The molecule has 2 aromatic rings. The van der Waals surface area contributed by atoms with Crippen LogP contribution in [0, 0.1) is 0 Å². The van der Waals surface area contributed by atoms with Crippen molar-refractivity contribution in [3.63, 3.8) is 0 Å². The van der Waals surface area contributed by atoms with Gasteiger partial charge in [0.1, 0.15) is 5.75 Å². The minimum atomic E-state index is -0.238. The fourth-order valence-electron chi connectivity index (χ4n) is 2.43. The summed E-state index contributed by atoms with van der Waals surface area (Å²) in [6.07, 6.45) is 1.64. The minimum Gasteiger partial charge on any atom is -0.507 e. The normalized spacial score (nSPS) is 10.8. The fraction of sp³-hybridized carbons (Fsp3) is 0.263.